The summed E-state index contributed by atoms with van der Waals surface area (Å²) in [5, 5.41) is 7.70. The normalized spacial score (nSPS) is 20.7. The Morgan fingerprint density at radius 2 is 1.90 bits per heavy atom. The summed E-state index contributed by atoms with van der Waals surface area (Å²) in [6, 6.07) is 17.7. The first-order valence-electron chi connectivity index (χ1n) is 9.88. The van der Waals surface area contributed by atoms with Crippen molar-refractivity contribution in [1.29, 1.82) is 0 Å². The molecule has 6 nitrogen and oxygen atoms in total. The Hall–Kier alpha value is -3.41. The number of benzene rings is 2. The molecule has 5 rings (SSSR count). The zero-order valence-electron chi connectivity index (χ0n) is 16.2. The molecule has 0 bridgehead atoms. The molecule has 1 N–H and O–H groups in total. The van der Waals surface area contributed by atoms with Crippen molar-refractivity contribution in [3.05, 3.63) is 83.3 Å². The number of anilines is 1. The number of carbonyl (C=O) groups excluding carboxylic acids is 1. The first-order valence-corrected chi connectivity index (χ1v) is 9.88. The average molecular weight is 386 g/mol. The maximum absolute atomic E-state index is 12.9. The molecule has 2 heterocycles. The summed E-state index contributed by atoms with van der Waals surface area (Å²) in [5.41, 5.74) is 3.90. The average Bonchev–Trinajstić information content (AvgIpc) is 3.20. The highest BCUT2D eigenvalue weighted by molar-refractivity contribution is 5.99. The van der Waals surface area contributed by atoms with E-state index in [-0.39, 0.29) is 11.8 Å². The van der Waals surface area contributed by atoms with Crippen LogP contribution in [0.4, 0.5) is 5.95 Å². The Kier molecular flexibility index (Phi) is 4.39. The molecule has 29 heavy (non-hydrogen) atoms. The van der Waals surface area contributed by atoms with Crippen LogP contribution in [0.1, 0.15) is 36.9 Å². The number of allylic oxidation sites excluding steroid dienone is 2. The zero-order valence-corrected chi connectivity index (χ0v) is 16.2. The molecule has 146 valence electrons. The highest BCUT2D eigenvalue weighted by Gasteiger charge is 2.37. The van der Waals surface area contributed by atoms with Gasteiger partial charge in [0.1, 0.15) is 24.7 Å². The van der Waals surface area contributed by atoms with Crippen molar-refractivity contribution in [1.82, 2.24) is 14.8 Å². The van der Waals surface area contributed by atoms with Gasteiger partial charge in [-0.15, -0.1) is 0 Å². The number of fused-ring (bicyclic) bond motifs is 1. The van der Waals surface area contributed by atoms with Crippen LogP contribution in [0.15, 0.2) is 72.2 Å². The lowest BCUT2D eigenvalue weighted by Gasteiger charge is -2.34. The van der Waals surface area contributed by atoms with Gasteiger partial charge in [-0.2, -0.15) is 10.1 Å². The molecular weight excluding hydrogens is 364 g/mol. The van der Waals surface area contributed by atoms with Gasteiger partial charge in [-0.1, -0.05) is 49.4 Å². The molecule has 0 saturated heterocycles. The fraction of sp³-hybridized carbons (Fsp3) is 0.261. The van der Waals surface area contributed by atoms with Crippen LogP contribution in [0, 0.1) is 5.92 Å². The van der Waals surface area contributed by atoms with Crippen molar-refractivity contribution in [2.24, 2.45) is 5.92 Å². The van der Waals surface area contributed by atoms with Crippen LogP contribution in [-0.4, -0.2) is 20.5 Å². The standard InChI is InChI=1S/C23H22N4O2/c1-15-11-19-21(20(28)12-15)22(27-23(26-19)24-14-25-27)17-7-9-18(10-8-17)29-13-16-5-3-2-4-6-16/h2-10,14-15,22H,11-13H2,1H3,(H,24,25,26)/t15-,22+/m0/s1. The molecule has 0 spiro atoms. The molecule has 2 aliphatic rings. The number of rotatable bonds is 4. The number of nitrogens with zero attached hydrogens (tertiary/aromatic N) is 3. The van der Waals surface area contributed by atoms with Crippen molar-refractivity contribution in [2.45, 2.75) is 32.4 Å². The molecule has 0 saturated carbocycles. The van der Waals surface area contributed by atoms with Gasteiger partial charge in [-0.3, -0.25) is 4.79 Å². The van der Waals surface area contributed by atoms with Gasteiger partial charge in [0.15, 0.2) is 5.78 Å². The first-order chi connectivity index (χ1) is 14.2. The van der Waals surface area contributed by atoms with Gasteiger partial charge in [0, 0.05) is 17.7 Å². The first kappa shape index (κ1) is 17.7. The Morgan fingerprint density at radius 1 is 1.10 bits per heavy atom. The zero-order chi connectivity index (χ0) is 19.8. The van der Waals surface area contributed by atoms with E-state index in [1.165, 1.54) is 6.33 Å². The van der Waals surface area contributed by atoms with E-state index in [2.05, 4.69) is 22.3 Å². The van der Waals surface area contributed by atoms with Gasteiger partial charge in [-0.25, -0.2) is 4.68 Å². The van der Waals surface area contributed by atoms with Gasteiger partial charge >= 0.3 is 0 Å². The fourth-order valence-electron chi connectivity index (χ4n) is 4.14. The smallest absolute Gasteiger partial charge is 0.226 e. The summed E-state index contributed by atoms with van der Waals surface area (Å²) in [7, 11) is 0. The quantitative estimate of drug-likeness (QED) is 0.730. The van der Waals surface area contributed by atoms with Crippen LogP contribution < -0.4 is 10.1 Å². The fourth-order valence-corrected chi connectivity index (χ4v) is 4.14. The molecule has 0 radical (unpaired) electrons. The van der Waals surface area contributed by atoms with E-state index in [0.29, 0.717) is 24.9 Å². The number of hydrogen-bond donors (Lipinski definition) is 1. The minimum absolute atomic E-state index is 0.182. The van der Waals surface area contributed by atoms with Gasteiger partial charge in [0.25, 0.3) is 0 Å². The SMILES string of the molecule is C[C@@H]1CC(=O)C2=C(C1)Nc1ncnn1[C@@H]2c1ccc(OCc2ccccc2)cc1. The summed E-state index contributed by atoms with van der Waals surface area (Å²) >= 11 is 0. The highest BCUT2D eigenvalue weighted by Crippen LogP contribution is 2.41. The summed E-state index contributed by atoms with van der Waals surface area (Å²) < 4.78 is 7.70. The summed E-state index contributed by atoms with van der Waals surface area (Å²) in [6.45, 7) is 2.63. The summed E-state index contributed by atoms with van der Waals surface area (Å²) in [4.78, 5) is 17.2. The predicted octanol–water partition coefficient (Wildman–Crippen LogP) is 4.13. The molecule has 3 aromatic rings. The molecule has 1 aliphatic carbocycles. The number of ether oxygens (including phenoxy) is 1. The van der Waals surface area contributed by atoms with Gasteiger partial charge in [0.2, 0.25) is 5.95 Å². The van der Waals surface area contributed by atoms with Crippen molar-refractivity contribution in [3.63, 3.8) is 0 Å². The van der Waals surface area contributed by atoms with Crippen LogP contribution in [0.5, 0.6) is 5.75 Å². The second-order valence-corrected chi connectivity index (χ2v) is 7.73. The lowest BCUT2D eigenvalue weighted by atomic mass is 9.81. The van der Waals surface area contributed by atoms with Crippen LogP contribution in [0.3, 0.4) is 0 Å². The topological polar surface area (TPSA) is 69.0 Å². The monoisotopic (exact) mass is 386 g/mol. The van der Waals surface area contributed by atoms with Crippen molar-refractivity contribution >= 4 is 11.7 Å². The maximum Gasteiger partial charge on any atom is 0.226 e. The van der Waals surface area contributed by atoms with E-state index in [1.54, 1.807) is 4.68 Å². The van der Waals surface area contributed by atoms with Gasteiger partial charge in [0.05, 0.1) is 0 Å². The number of aromatic nitrogens is 3. The van der Waals surface area contributed by atoms with E-state index >= 15 is 0 Å². The van der Waals surface area contributed by atoms with E-state index in [1.807, 2.05) is 54.6 Å². The van der Waals surface area contributed by atoms with Crippen LogP contribution in [0.2, 0.25) is 0 Å². The van der Waals surface area contributed by atoms with Gasteiger partial charge < -0.3 is 10.1 Å². The Morgan fingerprint density at radius 3 is 2.69 bits per heavy atom. The number of carbonyl (C=O) groups is 1. The van der Waals surface area contributed by atoms with E-state index in [0.717, 1.165) is 34.6 Å². The summed E-state index contributed by atoms with van der Waals surface area (Å²) in [5.74, 6) is 1.99. The van der Waals surface area contributed by atoms with E-state index in [4.69, 9.17) is 4.74 Å². The third kappa shape index (κ3) is 3.31. The Balaban J connectivity index is 1.44. The minimum atomic E-state index is -0.257. The Labute approximate surface area is 169 Å². The van der Waals surface area contributed by atoms with Crippen LogP contribution in [-0.2, 0) is 11.4 Å². The molecule has 0 unspecified atom stereocenters. The molecule has 6 heteroatoms. The summed E-state index contributed by atoms with van der Waals surface area (Å²) in [6.07, 6.45) is 2.95. The van der Waals surface area contributed by atoms with Crippen molar-refractivity contribution in [2.75, 3.05) is 5.32 Å². The number of ketones is 1. The second kappa shape index (κ2) is 7.20. The molecule has 2 atom stereocenters. The molecule has 0 amide bonds. The molecular formula is C23H22N4O2. The molecule has 1 aromatic heterocycles. The third-order valence-corrected chi connectivity index (χ3v) is 5.51. The van der Waals surface area contributed by atoms with Gasteiger partial charge in [-0.05, 0) is 35.6 Å². The van der Waals surface area contributed by atoms with E-state index < -0.39 is 0 Å². The number of Topliss-reactive ketones (excluding diaryl/α,β-unsaturated/α-hetero) is 1. The van der Waals surface area contributed by atoms with Crippen LogP contribution in [0.25, 0.3) is 0 Å². The highest BCUT2D eigenvalue weighted by atomic mass is 16.5. The third-order valence-electron chi connectivity index (χ3n) is 5.51. The maximum atomic E-state index is 12.9. The molecule has 1 aliphatic heterocycles. The number of hydrogen-bond acceptors (Lipinski definition) is 5. The lowest BCUT2D eigenvalue weighted by Crippen LogP contribution is -2.33. The van der Waals surface area contributed by atoms with E-state index in [9.17, 15) is 4.79 Å². The lowest BCUT2D eigenvalue weighted by molar-refractivity contribution is -0.117. The Bertz CT molecular complexity index is 1070. The minimum Gasteiger partial charge on any atom is -0.489 e. The van der Waals surface area contributed by atoms with Crippen molar-refractivity contribution < 1.29 is 9.53 Å². The second-order valence-electron chi connectivity index (χ2n) is 7.73. The van der Waals surface area contributed by atoms with Crippen LogP contribution >= 0.6 is 0 Å². The predicted molar refractivity (Wildman–Crippen MR) is 109 cm³/mol. The molecule has 0 fully saturated rings. The number of nitrogens with one attached hydrogen (secondary N) is 1. The largest absolute Gasteiger partial charge is 0.489 e. The molecule has 2 aromatic carbocycles. The van der Waals surface area contributed by atoms with Crippen molar-refractivity contribution in [3.8, 4) is 5.75 Å².